The monoisotopic (exact) mass is 414 g/mol. The summed E-state index contributed by atoms with van der Waals surface area (Å²) in [7, 11) is 0. The largest absolute Gasteiger partial charge is 0.490 e. The normalized spacial score (nSPS) is 10.9. The fourth-order valence-corrected chi connectivity index (χ4v) is 2.57. The number of carbonyl (C=O) groups is 1. The first kappa shape index (κ1) is 20.3. The molecule has 0 fully saturated rings. The Balaban J connectivity index is 1.66. The van der Waals surface area contributed by atoms with Crippen molar-refractivity contribution in [2.24, 2.45) is 5.10 Å². The molecule has 0 saturated heterocycles. The summed E-state index contributed by atoms with van der Waals surface area (Å²) in [5.41, 5.74) is 4.90. The van der Waals surface area contributed by atoms with Crippen LogP contribution in [0.25, 0.3) is 0 Å². The van der Waals surface area contributed by atoms with Crippen molar-refractivity contribution < 1.29 is 18.9 Å². The maximum absolute atomic E-state index is 12.1. The Morgan fingerprint density at radius 3 is 2.79 bits per heavy atom. The minimum Gasteiger partial charge on any atom is -0.490 e. The molecule has 2 aromatic carbocycles. The summed E-state index contributed by atoms with van der Waals surface area (Å²) < 4.78 is 16.1. The first-order valence-electron chi connectivity index (χ1n) is 8.83. The third-order valence-corrected chi connectivity index (χ3v) is 4.08. The van der Waals surface area contributed by atoms with E-state index in [-0.39, 0.29) is 12.5 Å². The molecular formula is C20H19ClN4O4. The molecule has 1 amide bonds. The third kappa shape index (κ3) is 5.55. The Morgan fingerprint density at radius 1 is 1.21 bits per heavy atom. The molecule has 9 heteroatoms. The minimum atomic E-state index is -0.356. The van der Waals surface area contributed by atoms with Crippen LogP contribution in [0.2, 0.25) is 5.02 Å². The molecule has 0 aliphatic carbocycles. The van der Waals surface area contributed by atoms with Gasteiger partial charge in [0, 0.05) is 10.6 Å². The van der Waals surface area contributed by atoms with Gasteiger partial charge in [-0.1, -0.05) is 28.0 Å². The first-order chi connectivity index (χ1) is 14.1. The smallest absolute Gasteiger partial charge is 0.271 e. The van der Waals surface area contributed by atoms with E-state index in [0.29, 0.717) is 40.1 Å². The van der Waals surface area contributed by atoms with Gasteiger partial charge in [0.1, 0.15) is 18.0 Å². The van der Waals surface area contributed by atoms with Crippen LogP contribution in [0.4, 0.5) is 0 Å². The summed E-state index contributed by atoms with van der Waals surface area (Å²) in [4.78, 5) is 12.1. The Labute approximate surface area is 172 Å². The van der Waals surface area contributed by atoms with Crippen LogP contribution in [0.15, 0.2) is 52.2 Å². The van der Waals surface area contributed by atoms with Crippen LogP contribution >= 0.6 is 11.6 Å². The highest BCUT2D eigenvalue weighted by atomic mass is 35.5. The average molecular weight is 415 g/mol. The van der Waals surface area contributed by atoms with Crippen molar-refractivity contribution in [1.82, 2.24) is 15.7 Å². The van der Waals surface area contributed by atoms with Crippen LogP contribution in [-0.2, 0) is 6.61 Å². The van der Waals surface area contributed by atoms with Crippen molar-refractivity contribution in [3.05, 3.63) is 70.0 Å². The second-order valence-electron chi connectivity index (χ2n) is 5.93. The van der Waals surface area contributed by atoms with E-state index in [1.54, 1.807) is 49.4 Å². The number of ether oxygens (including phenoxy) is 2. The molecule has 3 rings (SSSR count). The predicted octanol–water partition coefficient (Wildman–Crippen LogP) is 3.77. The molecule has 0 radical (unpaired) electrons. The number of benzene rings is 2. The van der Waals surface area contributed by atoms with E-state index in [2.05, 4.69) is 25.5 Å². The van der Waals surface area contributed by atoms with Crippen LogP contribution in [0.5, 0.6) is 11.5 Å². The van der Waals surface area contributed by atoms with Crippen LogP contribution in [0.3, 0.4) is 0 Å². The average Bonchev–Trinajstić information content (AvgIpc) is 3.12. The molecule has 0 saturated carbocycles. The highest BCUT2D eigenvalue weighted by Gasteiger charge is 2.10. The lowest BCUT2D eigenvalue weighted by atomic mass is 10.2. The van der Waals surface area contributed by atoms with E-state index < -0.39 is 0 Å². The molecule has 0 bridgehead atoms. The summed E-state index contributed by atoms with van der Waals surface area (Å²) in [5.74, 6) is 0.742. The molecule has 0 atom stereocenters. The molecule has 1 heterocycles. The standard InChI is InChI=1S/C20H19ClN4O4/c1-3-27-19-9-14(7-8-18(19)28-12-17-13(2)24-29-25-17)11-22-23-20(26)15-5-4-6-16(21)10-15/h4-11H,3,12H2,1-2H3,(H,23,26)/b22-11+. The molecule has 3 aromatic rings. The van der Waals surface area contributed by atoms with Gasteiger partial charge in [-0.3, -0.25) is 4.79 Å². The lowest BCUT2D eigenvalue weighted by molar-refractivity contribution is 0.0955. The zero-order valence-electron chi connectivity index (χ0n) is 15.9. The molecule has 0 unspecified atom stereocenters. The summed E-state index contributed by atoms with van der Waals surface area (Å²) >= 11 is 5.89. The van der Waals surface area contributed by atoms with Crippen LogP contribution in [0.1, 0.15) is 34.2 Å². The van der Waals surface area contributed by atoms with Crippen LogP contribution < -0.4 is 14.9 Å². The minimum absolute atomic E-state index is 0.207. The number of amides is 1. The number of nitrogens with zero attached hydrogens (tertiary/aromatic N) is 3. The van der Waals surface area contributed by atoms with Crippen molar-refractivity contribution >= 4 is 23.7 Å². The number of halogens is 1. The fourth-order valence-electron chi connectivity index (χ4n) is 2.38. The summed E-state index contributed by atoms with van der Waals surface area (Å²) in [6.45, 7) is 4.34. The number of aryl methyl sites for hydroxylation is 1. The Hall–Kier alpha value is -3.39. The molecule has 29 heavy (non-hydrogen) atoms. The molecule has 150 valence electrons. The fraction of sp³-hybridized carbons (Fsp3) is 0.200. The second kappa shape index (κ2) is 9.70. The molecule has 0 aliphatic rings. The van der Waals surface area contributed by atoms with Gasteiger partial charge in [-0.05, 0) is 55.8 Å². The van der Waals surface area contributed by atoms with Crippen molar-refractivity contribution in [1.29, 1.82) is 0 Å². The molecule has 1 aromatic heterocycles. The lowest BCUT2D eigenvalue weighted by Crippen LogP contribution is -2.17. The van der Waals surface area contributed by atoms with E-state index in [1.807, 2.05) is 6.92 Å². The molecule has 0 aliphatic heterocycles. The van der Waals surface area contributed by atoms with Gasteiger partial charge in [-0.25, -0.2) is 10.1 Å². The van der Waals surface area contributed by atoms with E-state index in [0.717, 1.165) is 5.56 Å². The van der Waals surface area contributed by atoms with Crippen molar-refractivity contribution in [3.8, 4) is 11.5 Å². The van der Waals surface area contributed by atoms with Gasteiger partial charge in [0.2, 0.25) is 0 Å². The Bertz CT molecular complexity index is 1020. The third-order valence-electron chi connectivity index (χ3n) is 3.84. The Kier molecular flexibility index (Phi) is 6.80. The summed E-state index contributed by atoms with van der Waals surface area (Å²) in [5, 5.41) is 12.0. The maximum Gasteiger partial charge on any atom is 0.271 e. The number of hydrogen-bond donors (Lipinski definition) is 1. The van der Waals surface area contributed by atoms with Gasteiger partial charge < -0.3 is 9.47 Å². The van der Waals surface area contributed by atoms with E-state index in [4.69, 9.17) is 21.1 Å². The van der Waals surface area contributed by atoms with Gasteiger partial charge in [-0.15, -0.1) is 0 Å². The lowest BCUT2D eigenvalue weighted by Gasteiger charge is -2.11. The molecule has 8 nitrogen and oxygen atoms in total. The van der Waals surface area contributed by atoms with Crippen molar-refractivity contribution in [3.63, 3.8) is 0 Å². The highest BCUT2D eigenvalue weighted by molar-refractivity contribution is 6.30. The summed E-state index contributed by atoms with van der Waals surface area (Å²) in [6, 6.07) is 11.9. The summed E-state index contributed by atoms with van der Waals surface area (Å²) in [6.07, 6.45) is 1.51. The second-order valence-corrected chi connectivity index (χ2v) is 6.37. The van der Waals surface area contributed by atoms with Crippen molar-refractivity contribution in [2.45, 2.75) is 20.5 Å². The van der Waals surface area contributed by atoms with Crippen molar-refractivity contribution in [2.75, 3.05) is 6.61 Å². The topological polar surface area (TPSA) is 98.8 Å². The number of rotatable bonds is 8. The number of nitrogens with one attached hydrogen (secondary N) is 1. The number of carbonyl (C=O) groups excluding carboxylic acids is 1. The number of hydrogen-bond acceptors (Lipinski definition) is 7. The van der Waals surface area contributed by atoms with Gasteiger partial charge in [-0.2, -0.15) is 5.10 Å². The molecular weight excluding hydrogens is 396 g/mol. The van der Waals surface area contributed by atoms with Gasteiger partial charge >= 0.3 is 0 Å². The molecule has 1 N–H and O–H groups in total. The van der Waals surface area contributed by atoms with Crippen LogP contribution in [0, 0.1) is 6.92 Å². The SMILES string of the molecule is CCOc1cc(/C=N/NC(=O)c2cccc(Cl)c2)ccc1OCc1nonc1C. The predicted molar refractivity (Wildman–Crippen MR) is 107 cm³/mol. The van der Waals surface area contributed by atoms with Gasteiger partial charge in [0.05, 0.1) is 12.8 Å². The number of aromatic nitrogens is 2. The van der Waals surface area contributed by atoms with E-state index >= 15 is 0 Å². The van der Waals surface area contributed by atoms with E-state index in [9.17, 15) is 4.79 Å². The first-order valence-corrected chi connectivity index (χ1v) is 9.21. The maximum atomic E-state index is 12.1. The van der Waals surface area contributed by atoms with Gasteiger partial charge in [0.25, 0.3) is 5.91 Å². The highest BCUT2D eigenvalue weighted by Crippen LogP contribution is 2.29. The van der Waals surface area contributed by atoms with Gasteiger partial charge in [0.15, 0.2) is 11.5 Å². The van der Waals surface area contributed by atoms with Crippen LogP contribution in [-0.4, -0.2) is 29.0 Å². The zero-order valence-corrected chi connectivity index (χ0v) is 16.6. The van der Waals surface area contributed by atoms with E-state index in [1.165, 1.54) is 6.21 Å². The Morgan fingerprint density at radius 2 is 2.07 bits per heavy atom. The quantitative estimate of drug-likeness (QED) is 0.445. The number of hydrazone groups is 1. The molecule has 0 spiro atoms. The zero-order chi connectivity index (χ0) is 20.6.